The fraction of sp³-hybridized carbons (Fsp3) is 0.414. The molecule has 0 spiro atoms. The number of hydrogen-bond donors (Lipinski definition) is 2. The molecule has 2 heterocycles. The van der Waals surface area contributed by atoms with Crippen LogP contribution in [0.2, 0.25) is 10.0 Å². The number of rotatable bonds is 11. The fourth-order valence-electron chi connectivity index (χ4n) is 5.25. The number of benzene rings is 2. The Balaban J connectivity index is 1.52. The number of amides is 5. The molecule has 5 amide bonds. The number of carbonyl (C=O) groups is 5. The van der Waals surface area contributed by atoms with E-state index >= 15 is 0 Å². The number of hydrogen-bond acceptors (Lipinski definition) is 7. The first-order valence-corrected chi connectivity index (χ1v) is 14.7. The Labute approximate surface area is 259 Å². The quantitative estimate of drug-likeness (QED) is 0.287. The fourth-order valence-corrected chi connectivity index (χ4v) is 5.57. The molecule has 2 fully saturated rings. The Kier molecular flexibility index (Phi) is 11.2. The smallest absolute Gasteiger partial charge is 0.407 e. The van der Waals surface area contributed by atoms with Crippen molar-refractivity contribution in [2.75, 3.05) is 33.3 Å². The number of carbonyl (C=O) groups excluding carboxylic acids is 5. The Hall–Kier alpha value is -3.87. The number of urea groups is 1. The zero-order valence-electron chi connectivity index (χ0n) is 23.7. The van der Waals surface area contributed by atoms with Gasteiger partial charge in [0.15, 0.2) is 6.29 Å². The van der Waals surface area contributed by atoms with E-state index in [4.69, 9.17) is 23.2 Å². The topological polar surface area (TPSA) is 132 Å². The van der Waals surface area contributed by atoms with Crippen molar-refractivity contribution in [3.8, 4) is 0 Å². The molecule has 0 saturated carbocycles. The standard InChI is InChI=1S/C29H34Cl2N6O6/c1-34-19-26(39)36-24(9-5-6-12-32-29(42)43-14-13-38)27(40)35(17-21-10-11-22(30)23(31)15-21)18-25(36)37(34)28(41)33-16-20-7-3-2-4-8-20/h2-4,7-8,10-11,13,15,24-25H,5-6,9,12,14,16-19H2,1H3,(H,32,42)(H,33,41)/t24-,25-/m0/s1. The summed E-state index contributed by atoms with van der Waals surface area (Å²) >= 11 is 12.3. The predicted molar refractivity (Wildman–Crippen MR) is 159 cm³/mol. The Bertz CT molecular complexity index is 1330. The van der Waals surface area contributed by atoms with Crippen LogP contribution < -0.4 is 10.6 Å². The minimum atomic E-state index is -0.825. The number of fused-ring (bicyclic) bond motifs is 1. The van der Waals surface area contributed by atoms with Crippen molar-refractivity contribution in [2.24, 2.45) is 0 Å². The highest BCUT2D eigenvalue weighted by molar-refractivity contribution is 6.42. The molecule has 0 bridgehead atoms. The van der Waals surface area contributed by atoms with Gasteiger partial charge >= 0.3 is 12.1 Å². The molecule has 12 nitrogen and oxygen atoms in total. The number of nitrogens with one attached hydrogen (secondary N) is 2. The minimum absolute atomic E-state index is 0.0735. The van der Waals surface area contributed by atoms with Crippen LogP contribution in [0.3, 0.4) is 0 Å². The lowest BCUT2D eigenvalue weighted by atomic mass is 10.00. The Morgan fingerprint density at radius 1 is 1.02 bits per heavy atom. The number of nitrogens with zero attached hydrogens (tertiary/aromatic N) is 4. The number of aldehydes is 1. The summed E-state index contributed by atoms with van der Waals surface area (Å²) in [5.74, 6) is -0.508. The lowest BCUT2D eigenvalue weighted by molar-refractivity contribution is -0.188. The average Bonchev–Trinajstić information content (AvgIpc) is 2.98. The van der Waals surface area contributed by atoms with Crippen LogP contribution in [-0.4, -0.2) is 95.5 Å². The molecule has 4 rings (SSSR count). The maximum Gasteiger partial charge on any atom is 0.407 e. The normalized spacial score (nSPS) is 18.7. The van der Waals surface area contributed by atoms with Crippen molar-refractivity contribution in [3.63, 3.8) is 0 Å². The zero-order valence-corrected chi connectivity index (χ0v) is 25.2. The lowest BCUT2D eigenvalue weighted by Gasteiger charge is -2.54. The van der Waals surface area contributed by atoms with Gasteiger partial charge in [0.25, 0.3) is 0 Å². The van der Waals surface area contributed by atoms with Crippen molar-refractivity contribution in [3.05, 3.63) is 69.7 Å². The summed E-state index contributed by atoms with van der Waals surface area (Å²) in [6.07, 6.45) is 0.335. The highest BCUT2D eigenvalue weighted by atomic mass is 35.5. The molecule has 2 aliphatic heterocycles. The van der Waals surface area contributed by atoms with E-state index in [-0.39, 0.29) is 44.6 Å². The number of hydrazine groups is 1. The second-order valence-electron chi connectivity index (χ2n) is 10.3. The number of ether oxygens (including phenoxy) is 1. The molecule has 2 aromatic carbocycles. The molecule has 0 aliphatic carbocycles. The third kappa shape index (κ3) is 8.15. The van der Waals surface area contributed by atoms with Crippen molar-refractivity contribution in [2.45, 2.75) is 44.6 Å². The predicted octanol–water partition coefficient (Wildman–Crippen LogP) is 3.03. The molecule has 2 atom stereocenters. The zero-order chi connectivity index (χ0) is 30.9. The first-order chi connectivity index (χ1) is 20.7. The van der Waals surface area contributed by atoms with Crippen LogP contribution in [0.25, 0.3) is 0 Å². The van der Waals surface area contributed by atoms with Gasteiger partial charge in [-0.2, -0.15) is 0 Å². The van der Waals surface area contributed by atoms with E-state index in [1.807, 2.05) is 30.3 Å². The Morgan fingerprint density at radius 3 is 2.51 bits per heavy atom. The highest BCUT2D eigenvalue weighted by Crippen LogP contribution is 2.30. The summed E-state index contributed by atoms with van der Waals surface area (Å²) in [5.41, 5.74) is 1.67. The minimum Gasteiger partial charge on any atom is -0.442 e. The number of piperazine rings is 1. The van der Waals surface area contributed by atoms with E-state index in [0.29, 0.717) is 42.1 Å². The average molecular weight is 634 g/mol. The van der Waals surface area contributed by atoms with Crippen LogP contribution in [0.1, 0.15) is 30.4 Å². The van der Waals surface area contributed by atoms with Gasteiger partial charge in [-0.1, -0.05) is 59.6 Å². The molecule has 2 aromatic rings. The van der Waals surface area contributed by atoms with Crippen molar-refractivity contribution < 1.29 is 28.7 Å². The monoisotopic (exact) mass is 632 g/mol. The number of alkyl carbamates (subject to hydrolysis) is 1. The van der Waals surface area contributed by atoms with Gasteiger partial charge in [0.05, 0.1) is 23.1 Å². The highest BCUT2D eigenvalue weighted by Gasteiger charge is 2.50. The van der Waals surface area contributed by atoms with Gasteiger partial charge in [-0.25, -0.2) is 19.6 Å². The Morgan fingerprint density at radius 2 is 1.79 bits per heavy atom. The second-order valence-corrected chi connectivity index (χ2v) is 11.1. The number of likely N-dealkylation sites (N-methyl/N-ethyl adjacent to an activating group) is 1. The third-order valence-electron chi connectivity index (χ3n) is 7.25. The lowest BCUT2D eigenvalue weighted by Crippen LogP contribution is -2.75. The van der Waals surface area contributed by atoms with Crippen molar-refractivity contribution in [1.82, 2.24) is 30.5 Å². The van der Waals surface area contributed by atoms with E-state index in [9.17, 15) is 24.0 Å². The van der Waals surface area contributed by atoms with Crippen LogP contribution >= 0.6 is 23.2 Å². The summed E-state index contributed by atoms with van der Waals surface area (Å²) in [6, 6.07) is 13.4. The van der Waals surface area contributed by atoms with Gasteiger partial charge in [0.1, 0.15) is 18.8 Å². The molecule has 0 aromatic heterocycles. The van der Waals surface area contributed by atoms with Gasteiger partial charge in [0.2, 0.25) is 11.8 Å². The number of unbranched alkanes of at least 4 members (excludes halogenated alkanes) is 1. The van der Waals surface area contributed by atoms with Crippen molar-refractivity contribution >= 4 is 53.4 Å². The molecular formula is C29H34Cl2N6O6. The van der Waals surface area contributed by atoms with Crippen LogP contribution in [0.5, 0.6) is 0 Å². The van der Waals surface area contributed by atoms with Crippen molar-refractivity contribution in [1.29, 1.82) is 0 Å². The van der Waals surface area contributed by atoms with E-state index in [1.54, 1.807) is 35.2 Å². The van der Waals surface area contributed by atoms with Crippen LogP contribution in [-0.2, 0) is 32.2 Å². The van der Waals surface area contributed by atoms with Gasteiger partial charge in [-0.05, 0) is 42.5 Å². The first kappa shape index (κ1) is 32.1. The first-order valence-electron chi connectivity index (χ1n) is 13.9. The molecule has 230 valence electrons. The molecule has 2 saturated heterocycles. The maximum absolute atomic E-state index is 13.9. The largest absolute Gasteiger partial charge is 0.442 e. The molecule has 2 N–H and O–H groups in total. The van der Waals surface area contributed by atoms with Gasteiger partial charge < -0.3 is 25.2 Å². The molecule has 0 radical (unpaired) electrons. The van der Waals surface area contributed by atoms with Crippen LogP contribution in [0.15, 0.2) is 48.5 Å². The summed E-state index contributed by atoms with van der Waals surface area (Å²) in [6.45, 7) is 0.448. The number of halogens is 2. The van der Waals surface area contributed by atoms with E-state index in [2.05, 4.69) is 15.4 Å². The molecule has 43 heavy (non-hydrogen) atoms. The van der Waals surface area contributed by atoms with E-state index in [1.165, 1.54) is 9.91 Å². The molecule has 0 unspecified atom stereocenters. The molecular weight excluding hydrogens is 599 g/mol. The van der Waals surface area contributed by atoms with Gasteiger partial charge in [-0.3, -0.25) is 14.4 Å². The maximum atomic E-state index is 13.9. The summed E-state index contributed by atoms with van der Waals surface area (Å²) in [7, 11) is 1.67. The van der Waals surface area contributed by atoms with E-state index in [0.717, 1.165) is 11.1 Å². The second kappa shape index (κ2) is 15.0. The van der Waals surface area contributed by atoms with Gasteiger partial charge in [0, 0.05) is 26.7 Å². The van der Waals surface area contributed by atoms with Gasteiger partial charge in [-0.15, -0.1) is 0 Å². The third-order valence-corrected chi connectivity index (χ3v) is 7.99. The van der Waals surface area contributed by atoms with Crippen LogP contribution in [0.4, 0.5) is 9.59 Å². The van der Waals surface area contributed by atoms with E-state index < -0.39 is 24.3 Å². The molecule has 2 aliphatic rings. The summed E-state index contributed by atoms with van der Waals surface area (Å²) in [4.78, 5) is 65.9. The summed E-state index contributed by atoms with van der Waals surface area (Å²) in [5, 5.41) is 9.30. The summed E-state index contributed by atoms with van der Waals surface area (Å²) < 4.78 is 4.67. The SMILES string of the molecule is CN1CC(=O)N2[C@@H](CCCCNC(=O)OCC=O)C(=O)N(Cc3ccc(Cl)c(Cl)c3)C[C@@H]2N1C(=O)NCc1ccccc1. The van der Waals surface area contributed by atoms with Crippen LogP contribution in [0, 0.1) is 0 Å². The molecule has 14 heteroatoms.